The molecular weight excluding hydrogens is 268 g/mol. The molecule has 0 unspecified atom stereocenters. The number of benzene rings is 1. The molecule has 0 saturated heterocycles. The van der Waals surface area contributed by atoms with E-state index in [1.165, 1.54) is 0 Å². The molecular formula is C16H26N2O3. The second-order valence-corrected chi connectivity index (χ2v) is 5.42. The molecule has 0 fully saturated rings. The molecule has 1 rings (SSSR count). The monoisotopic (exact) mass is 294 g/mol. The van der Waals surface area contributed by atoms with Crippen LogP contribution in [0.25, 0.3) is 0 Å². The Bertz CT molecular complexity index is 461. The highest BCUT2D eigenvalue weighted by Gasteiger charge is 2.10. The van der Waals surface area contributed by atoms with Gasteiger partial charge in [0.1, 0.15) is 5.75 Å². The summed E-state index contributed by atoms with van der Waals surface area (Å²) in [7, 11) is 3.68. The van der Waals surface area contributed by atoms with Gasteiger partial charge in [-0.1, -0.05) is 0 Å². The number of hydrogen-bond acceptors (Lipinski definition) is 4. The molecule has 2 N–H and O–H groups in total. The van der Waals surface area contributed by atoms with Crippen molar-refractivity contribution in [1.29, 1.82) is 0 Å². The van der Waals surface area contributed by atoms with E-state index in [1.54, 1.807) is 25.3 Å². The van der Waals surface area contributed by atoms with Crippen LogP contribution >= 0.6 is 0 Å². The zero-order valence-electron chi connectivity index (χ0n) is 13.3. The van der Waals surface area contributed by atoms with Gasteiger partial charge in [0.25, 0.3) is 0 Å². The fraction of sp³-hybridized carbons (Fsp3) is 0.562. The van der Waals surface area contributed by atoms with E-state index >= 15 is 0 Å². The summed E-state index contributed by atoms with van der Waals surface area (Å²) in [5, 5.41) is 12.4. The van der Waals surface area contributed by atoms with E-state index in [0.29, 0.717) is 17.5 Å². The van der Waals surface area contributed by atoms with E-state index < -0.39 is 5.97 Å². The molecule has 0 aliphatic carbocycles. The maximum absolute atomic E-state index is 11.2. The first-order chi connectivity index (χ1) is 9.95. The third kappa shape index (κ3) is 5.63. The Balaban J connectivity index is 2.49. The first-order valence-electron chi connectivity index (χ1n) is 7.31. The van der Waals surface area contributed by atoms with Gasteiger partial charge in [-0.05, 0) is 52.4 Å². The Morgan fingerprint density at radius 1 is 1.38 bits per heavy atom. The average molecular weight is 294 g/mol. The predicted molar refractivity (Wildman–Crippen MR) is 85.4 cm³/mol. The number of carboxylic acids is 1. The minimum Gasteiger partial charge on any atom is -0.497 e. The van der Waals surface area contributed by atoms with Gasteiger partial charge in [-0.15, -0.1) is 0 Å². The fourth-order valence-corrected chi connectivity index (χ4v) is 1.95. The second kappa shape index (κ2) is 8.52. The number of rotatable bonds is 9. The Labute approximate surface area is 126 Å². The first-order valence-corrected chi connectivity index (χ1v) is 7.31. The molecule has 0 aliphatic heterocycles. The summed E-state index contributed by atoms with van der Waals surface area (Å²) >= 11 is 0. The Morgan fingerprint density at radius 2 is 2.10 bits per heavy atom. The molecule has 0 aliphatic rings. The lowest BCUT2D eigenvalue weighted by atomic mass is 10.1. The molecule has 21 heavy (non-hydrogen) atoms. The van der Waals surface area contributed by atoms with Crippen LogP contribution in [0.4, 0.5) is 5.69 Å². The zero-order chi connectivity index (χ0) is 15.8. The van der Waals surface area contributed by atoms with Crippen LogP contribution in [0.1, 0.15) is 37.0 Å². The summed E-state index contributed by atoms with van der Waals surface area (Å²) in [4.78, 5) is 13.5. The van der Waals surface area contributed by atoms with Crippen molar-refractivity contribution in [3.05, 3.63) is 23.8 Å². The summed E-state index contributed by atoms with van der Waals surface area (Å²) in [6.07, 6.45) is 2.07. The van der Waals surface area contributed by atoms with Crippen LogP contribution in [0.2, 0.25) is 0 Å². The second-order valence-electron chi connectivity index (χ2n) is 5.42. The molecule has 0 heterocycles. The maximum Gasteiger partial charge on any atom is 0.337 e. The van der Waals surface area contributed by atoms with Gasteiger partial charge < -0.3 is 20.1 Å². The smallest absolute Gasteiger partial charge is 0.337 e. The molecule has 5 nitrogen and oxygen atoms in total. The number of unbranched alkanes of at least 4 members (excludes halogenated alkanes) is 1. The molecule has 5 heteroatoms. The maximum atomic E-state index is 11.2. The quantitative estimate of drug-likeness (QED) is 0.686. The topological polar surface area (TPSA) is 61.8 Å². The highest BCUT2D eigenvalue weighted by Crippen LogP contribution is 2.22. The van der Waals surface area contributed by atoms with Gasteiger partial charge in [0, 0.05) is 18.7 Å². The number of methoxy groups -OCH3 is 1. The van der Waals surface area contributed by atoms with Crippen molar-refractivity contribution in [3.8, 4) is 5.75 Å². The van der Waals surface area contributed by atoms with E-state index in [0.717, 1.165) is 25.9 Å². The van der Waals surface area contributed by atoms with E-state index in [4.69, 9.17) is 4.74 Å². The number of nitrogens with zero attached hydrogens (tertiary/aromatic N) is 1. The molecule has 0 saturated carbocycles. The molecule has 0 atom stereocenters. The van der Waals surface area contributed by atoms with Gasteiger partial charge in [-0.25, -0.2) is 4.79 Å². The first kappa shape index (κ1) is 17.3. The zero-order valence-corrected chi connectivity index (χ0v) is 13.3. The summed E-state index contributed by atoms with van der Waals surface area (Å²) in [6.45, 7) is 6.14. The van der Waals surface area contributed by atoms with Crippen LogP contribution in [-0.4, -0.2) is 49.3 Å². The minimum atomic E-state index is -0.931. The van der Waals surface area contributed by atoms with Crippen molar-refractivity contribution in [3.63, 3.8) is 0 Å². The molecule has 0 radical (unpaired) electrons. The number of nitrogens with one attached hydrogen (secondary N) is 1. The van der Waals surface area contributed by atoms with Gasteiger partial charge in [-0.2, -0.15) is 0 Å². The summed E-state index contributed by atoms with van der Waals surface area (Å²) in [5.41, 5.74) is 0.883. The molecule has 0 amide bonds. The van der Waals surface area contributed by atoms with Crippen molar-refractivity contribution in [2.45, 2.75) is 32.7 Å². The van der Waals surface area contributed by atoms with Crippen LogP contribution < -0.4 is 10.1 Å². The van der Waals surface area contributed by atoms with Crippen molar-refractivity contribution in [2.24, 2.45) is 0 Å². The van der Waals surface area contributed by atoms with Crippen molar-refractivity contribution < 1.29 is 14.6 Å². The molecule has 0 bridgehead atoms. The van der Waals surface area contributed by atoms with E-state index in [9.17, 15) is 9.90 Å². The van der Waals surface area contributed by atoms with Crippen LogP contribution in [0.5, 0.6) is 5.75 Å². The van der Waals surface area contributed by atoms with Crippen LogP contribution in [0.3, 0.4) is 0 Å². The SMILES string of the molecule is COc1ccc(C(=O)O)c(NCCCCN(C)C(C)C)c1. The fourth-order valence-electron chi connectivity index (χ4n) is 1.95. The lowest BCUT2D eigenvalue weighted by Gasteiger charge is -2.20. The molecule has 0 spiro atoms. The summed E-state index contributed by atoms with van der Waals surface area (Å²) in [6, 6.07) is 5.50. The third-order valence-electron chi connectivity index (χ3n) is 3.59. The average Bonchev–Trinajstić information content (AvgIpc) is 2.45. The lowest BCUT2D eigenvalue weighted by molar-refractivity contribution is 0.0698. The van der Waals surface area contributed by atoms with Crippen LogP contribution in [0, 0.1) is 0 Å². The van der Waals surface area contributed by atoms with Gasteiger partial charge >= 0.3 is 5.97 Å². The van der Waals surface area contributed by atoms with E-state index in [1.807, 2.05) is 0 Å². The highest BCUT2D eigenvalue weighted by atomic mass is 16.5. The number of aromatic carboxylic acids is 1. The third-order valence-corrected chi connectivity index (χ3v) is 3.59. The van der Waals surface area contributed by atoms with E-state index in [2.05, 4.69) is 31.1 Å². The Hall–Kier alpha value is -1.75. The number of hydrogen-bond donors (Lipinski definition) is 2. The molecule has 0 aromatic heterocycles. The van der Waals surface area contributed by atoms with Gasteiger partial charge in [0.05, 0.1) is 18.4 Å². The molecule has 1 aromatic carbocycles. The highest BCUT2D eigenvalue weighted by molar-refractivity contribution is 5.94. The largest absolute Gasteiger partial charge is 0.497 e. The van der Waals surface area contributed by atoms with Crippen LogP contribution in [-0.2, 0) is 0 Å². The predicted octanol–water partition coefficient (Wildman–Crippen LogP) is 2.93. The standard InChI is InChI=1S/C16H26N2O3/c1-12(2)18(3)10-6-5-9-17-15-11-13(21-4)7-8-14(15)16(19)20/h7-8,11-12,17H,5-6,9-10H2,1-4H3,(H,19,20). The number of carbonyl (C=O) groups is 1. The van der Waals surface area contributed by atoms with Gasteiger partial charge in [-0.3, -0.25) is 0 Å². The Morgan fingerprint density at radius 3 is 2.67 bits per heavy atom. The summed E-state index contributed by atoms with van der Waals surface area (Å²) < 4.78 is 5.14. The molecule has 118 valence electrons. The van der Waals surface area contributed by atoms with Gasteiger partial charge in [0.15, 0.2) is 0 Å². The number of anilines is 1. The minimum absolute atomic E-state index is 0.273. The number of ether oxygens (including phenoxy) is 1. The summed E-state index contributed by atoms with van der Waals surface area (Å²) in [5.74, 6) is -0.276. The lowest BCUT2D eigenvalue weighted by Crippen LogP contribution is -2.27. The number of carboxylic acid groups (broad SMARTS) is 1. The molecule has 1 aromatic rings. The van der Waals surface area contributed by atoms with Crippen molar-refractivity contribution in [1.82, 2.24) is 4.90 Å². The normalized spacial score (nSPS) is 11.0. The van der Waals surface area contributed by atoms with E-state index in [-0.39, 0.29) is 5.56 Å². The van der Waals surface area contributed by atoms with Gasteiger partial charge in [0.2, 0.25) is 0 Å². The van der Waals surface area contributed by atoms with Crippen molar-refractivity contribution >= 4 is 11.7 Å². The van der Waals surface area contributed by atoms with Crippen molar-refractivity contribution in [2.75, 3.05) is 32.6 Å². The van der Waals surface area contributed by atoms with Crippen LogP contribution in [0.15, 0.2) is 18.2 Å². The Kier molecular flexibility index (Phi) is 7.02.